The lowest BCUT2D eigenvalue weighted by Gasteiger charge is -2.20. The standard InChI is InChI=1S/C13H22N4O/c1-9(18)6-7-17(3)12-8-11(14-2)15-13(16-12)10-4-5-10/h8-10,18H,4-7H2,1-3H3,(H,14,15,16). The van der Waals surface area contributed by atoms with Crippen LogP contribution in [0.1, 0.15) is 37.9 Å². The second kappa shape index (κ2) is 5.52. The van der Waals surface area contributed by atoms with Crippen molar-refractivity contribution < 1.29 is 5.11 Å². The summed E-state index contributed by atoms with van der Waals surface area (Å²) in [5.74, 6) is 3.28. The smallest absolute Gasteiger partial charge is 0.136 e. The van der Waals surface area contributed by atoms with Crippen LogP contribution in [0, 0.1) is 0 Å². The first-order chi connectivity index (χ1) is 8.60. The molecule has 0 saturated heterocycles. The molecule has 0 aromatic carbocycles. The van der Waals surface area contributed by atoms with E-state index in [0.29, 0.717) is 5.92 Å². The molecule has 2 N–H and O–H groups in total. The van der Waals surface area contributed by atoms with Crippen LogP contribution in [-0.4, -0.2) is 41.8 Å². The number of hydrogen-bond donors (Lipinski definition) is 2. The Morgan fingerprint density at radius 3 is 2.78 bits per heavy atom. The minimum atomic E-state index is -0.277. The average molecular weight is 250 g/mol. The van der Waals surface area contributed by atoms with Crippen LogP contribution >= 0.6 is 0 Å². The fourth-order valence-electron chi connectivity index (χ4n) is 1.80. The summed E-state index contributed by atoms with van der Waals surface area (Å²) in [6.07, 6.45) is 2.86. The summed E-state index contributed by atoms with van der Waals surface area (Å²) in [6, 6.07) is 1.95. The second-order valence-electron chi connectivity index (χ2n) is 5.05. The van der Waals surface area contributed by atoms with Crippen LogP contribution in [-0.2, 0) is 0 Å². The van der Waals surface area contributed by atoms with Gasteiger partial charge >= 0.3 is 0 Å². The van der Waals surface area contributed by atoms with Gasteiger partial charge in [-0.2, -0.15) is 0 Å². The molecular weight excluding hydrogens is 228 g/mol. The molecular formula is C13H22N4O. The lowest BCUT2D eigenvalue weighted by atomic mass is 10.2. The molecule has 1 heterocycles. The molecule has 18 heavy (non-hydrogen) atoms. The van der Waals surface area contributed by atoms with Crippen molar-refractivity contribution >= 4 is 11.6 Å². The van der Waals surface area contributed by atoms with Crippen molar-refractivity contribution in [3.63, 3.8) is 0 Å². The average Bonchev–Trinajstić information content (AvgIpc) is 3.19. The van der Waals surface area contributed by atoms with Gasteiger partial charge in [-0.3, -0.25) is 0 Å². The first-order valence-electron chi connectivity index (χ1n) is 6.56. The van der Waals surface area contributed by atoms with E-state index >= 15 is 0 Å². The van der Waals surface area contributed by atoms with Crippen LogP contribution in [0.4, 0.5) is 11.6 Å². The van der Waals surface area contributed by atoms with Crippen LogP contribution in [0.25, 0.3) is 0 Å². The predicted molar refractivity (Wildman–Crippen MR) is 73.1 cm³/mol. The molecule has 1 aliphatic carbocycles. The third-order valence-corrected chi connectivity index (χ3v) is 3.20. The van der Waals surface area contributed by atoms with Crippen molar-refractivity contribution in [1.82, 2.24) is 9.97 Å². The van der Waals surface area contributed by atoms with E-state index in [2.05, 4.69) is 20.2 Å². The molecule has 0 aliphatic heterocycles. The molecule has 1 unspecified atom stereocenters. The molecule has 0 bridgehead atoms. The highest BCUT2D eigenvalue weighted by molar-refractivity contribution is 5.49. The third kappa shape index (κ3) is 3.32. The largest absolute Gasteiger partial charge is 0.393 e. The van der Waals surface area contributed by atoms with Crippen molar-refractivity contribution in [3.05, 3.63) is 11.9 Å². The van der Waals surface area contributed by atoms with E-state index in [1.165, 1.54) is 12.8 Å². The minimum absolute atomic E-state index is 0.277. The first-order valence-corrected chi connectivity index (χ1v) is 6.56. The van der Waals surface area contributed by atoms with E-state index in [9.17, 15) is 5.11 Å². The maximum absolute atomic E-state index is 9.33. The van der Waals surface area contributed by atoms with E-state index < -0.39 is 0 Å². The highest BCUT2D eigenvalue weighted by atomic mass is 16.3. The number of rotatable bonds is 6. The van der Waals surface area contributed by atoms with Crippen LogP contribution in [0.15, 0.2) is 6.07 Å². The molecule has 1 atom stereocenters. The van der Waals surface area contributed by atoms with Crippen molar-refractivity contribution in [3.8, 4) is 0 Å². The molecule has 0 amide bonds. The topological polar surface area (TPSA) is 61.3 Å². The molecule has 1 aromatic rings. The number of aliphatic hydroxyl groups excluding tert-OH is 1. The van der Waals surface area contributed by atoms with E-state index in [1.54, 1.807) is 0 Å². The van der Waals surface area contributed by atoms with Gasteiger partial charge in [-0.25, -0.2) is 9.97 Å². The molecule has 0 spiro atoms. The SMILES string of the molecule is CNc1cc(N(C)CCC(C)O)nc(C2CC2)n1. The Hall–Kier alpha value is -1.36. The van der Waals surface area contributed by atoms with Crippen molar-refractivity contribution in [2.24, 2.45) is 0 Å². The van der Waals surface area contributed by atoms with E-state index in [-0.39, 0.29) is 6.10 Å². The van der Waals surface area contributed by atoms with Gasteiger partial charge in [0.2, 0.25) is 0 Å². The van der Waals surface area contributed by atoms with Gasteiger partial charge in [0.25, 0.3) is 0 Å². The van der Waals surface area contributed by atoms with E-state index in [0.717, 1.165) is 30.4 Å². The summed E-state index contributed by atoms with van der Waals surface area (Å²) in [5, 5.41) is 12.4. The summed E-state index contributed by atoms with van der Waals surface area (Å²) in [7, 11) is 3.87. The molecule has 1 aliphatic rings. The van der Waals surface area contributed by atoms with Crippen molar-refractivity contribution in [1.29, 1.82) is 0 Å². The normalized spacial score (nSPS) is 16.4. The van der Waals surface area contributed by atoms with E-state index in [1.807, 2.05) is 27.1 Å². The van der Waals surface area contributed by atoms with Crippen LogP contribution < -0.4 is 10.2 Å². The first kappa shape index (κ1) is 13.1. The molecule has 1 saturated carbocycles. The molecule has 5 nitrogen and oxygen atoms in total. The summed E-state index contributed by atoms with van der Waals surface area (Å²) >= 11 is 0. The summed E-state index contributed by atoms with van der Waals surface area (Å²) < 4.78 is 0. The van der Waals surface area contributed by atoms with Crippen molar-refractivity contribution in [2.45, 2.75) is 38.2 Å². The Balaban J connectivity index is 2.12. The zero-order valence-electron chi connectivity index (χ0n) is 11.3. The van der Waals surface area contributed by atoms with Crippen LogP contribution in [0.3, 0.4) is 0 Å². The Labute approximate surface area is 108 Å². The Morgan fingerprint density at radius 2 is 2.22 bits per heavy atom. The number of nitrogens with one attached hydrogen (secondary N) is 1. The number of aromatic nitrogens is 2. The van der Waals surface area contributed by atoms with Gasteiger partial charge in [0.1, 0.15) is 17.5 Å². The number of aliphatic hydroxyl groups is 1. The van der Waals surface area contributed by atoms with Gasteiger partial charge in [0.05, 0.1) is 6.10 Å². The Morgan fingerprint density at radius 1 is 1.50 bits per heavy atom. The Bertz CT molecular complexity index is 404. The minimum Gasteiger partial charge on any atom is -0.393 e. The zero-order chi connectivity index (χ0) is 13.1. The molecule has 2 rings (SSSR count). The number of hydrogen-bond acceptors (Lipinski definition) is 5. The molecule has 1 aromatic heterocycles. The summed E-state index contributed by atoms with van der Waals surface area (Å²) in [6.45, 7) is 2.60. The van der Waals surface area contributed by atoms with Crippen molar-refractivity contribution in [2.75, 3.05) is 30.9 Å². The number of anilines is 2. The van der Waals surface area contributed by atoms with Gasteiger partial charge in [-0.1, -0.05) is 0 Å². The zero-order valence-corrected chi connectivity index (χ0v) is 11.3. The van der Waals surface area contributed by atoms with Gasteiger partial charge < -0.3 is 15.3 Å². The predicted octanol–water partition coefficient (Wildman–Crippen LogP) is 1.60. The molecule has 5 heteroatoms. The fourth-order valence-corrected chi connectivity index (χ4v) is 1.80. The summed E-state index contributed by atoms with van der Waals surface area (Å²) in [4.78, 5) is 11.2. The second-order valence-corrected chi connectivity index (χ2v) is 5.05. The molecule has 100 valence electrons. The quantitative estimate of drug-likeness (QED) is 0.803. The Kier molecular flexibility index (Phi) is 4.01. The van der Waals surface area contributed by atoms with E-state index in [4.69, 9.17) is 0 Å². The molecule has 1 fully saturated rings. The lowest BCUT2D eigenvalue weighted by molar-refractivity contribution is 0.187. The van der Waals surface area contributed by atoms with Gasteiger partial charge in [-0.15, -0.1) is 0 Å². The lowest BCUT2D eigenvalue weighted by Crippen LogP contribution is -2.23. The van der Waals surface area contributed by atoms with Gasteiger partial charge in [-0.05, 0) is 26.2 Å². The van der Waals surface area contributed by atoms with Crippen LogP contribution in [0.2, 0.25) is 0 Å². The maximum Gasteiger partial charge on any atom is 0.136 e. The monoisotopic (exact) mass is 250 g/mol. The highest BCUT2D eigenvalue weighted by Gasteiger charge is 2.27. The van der Waals surface area contributed by atoms with Crippen LogP contribution in [0.5, 0.6) is 0 Å². The summed E-state index contributed by atoms with van der Waals surface area (Å²) in [5.41, 5.74) is 0. The fraction of sp³-hybridized carbons (Fsp3) is 0.692. The molecule has 0 radical (unpaired) electrons. The maximum atomic E-state index is 9.33. The van der Waals surface area contributed by atoms with Gasteiger partial charge in [0.15, 0.2) is 0 Å². The van der Waals surface area contributed by atoms with Gasteiger partial charge in [0, 0.05) is 32.6 Å². The third-order valence-electron chi connectivity index (χ3n) is 3.20. The number of nitrogens with zero attached hydrogens (tertiary/aromatic N) is 3. The highest BCUT2D eigenvalue weighted by Crippen LogP contribution is 2.39.